The maximum atomic E-state index is 4.20. The normalized spacial score (nSPS) is 11.9. The highest BCUT2D eigenvalue weighted by Crippen LogP contribution is 2.24. The number of rotatable bonds is 6. The molecule has 0 aromatic carbocycles. The van der Waals surface area contributed by atoms with E-state index < -0.39 is 0 Å². The molecule has 0 aliphatic heterocycles. The molecule has 1 aromatic heterocycles. The fourth-order valence-electron chi connectivity index (χ4n) is 1.64. The van der Waals surface area contributed by atoms with Crippen molar-refractivity contribution in [3.8, 4) is 11.8 Å². The van der Waals surface area contributed by atoms with Crippen molar-refractivity contribution in [2.24, 2.45) is 0 Å². The van der Waals surface area contributed by atoms with Crippen LogP contribution >= 0.6 is 11.5 Å². The van der Waals surface area contributed by atoms with Gasteiger partial charge in [0.15, 0.2) is 0 Å². The van der Waals surface area contributed by atoms with Crippen LogP contribution in [0.3, 0.4) is 0 Å². The van der Waals surface area contributed by atoms with Gasteiger partial charge in [0, 0.05) is 12.5 Å². The van der Waals surface area contributed by atoms with Gasteiger partial charge in [0.05, 0.1) is 10.6 Å². The Morgan fingerprint density at radius 2 is 2.31 bits per heavy atom. The maximum Gasteiger partial charge on any atom is 0.0803 e. The highest BCUT2D eigenvalue weighted by atomic mass is 32.1. The second-order valence-electron chi connectivity index (χ2n) is 3.64. The second kappa shape index (κ2) is 7.37. The van der Waals surface area contributed by atoms with Crippen molar-refractivity contribution >= 4 is 11.5 Å². The molecule has 3 nitrogen and oxygen atoms in total. The topological polar surface area (TPSA) is 37.8 Å². The fraction of sp³-hybridized carbons (Fsp3) is 0.667. The first-order chi connectivity index (χ1) is 7.83. The molecular formula is C12H19N3S. The Hall–Kier alpha value is -0.920. The Kier molecular flexibility index (Phi) is 6.05. The van der Waals surface area contributed by atoms with E-state index in [1.165, 1.54) is 16.4 Å². The van der Waals surface area contributed by atoms with E-state index in [9.17, 15) is 0 Å². The molecule has 1 N–H and O–H groups in total. The number of aromatic nitrogens is 2. The quantitative estimate of drug-likeness (QED) is 0.773. The van der Waals surface area contributed by atoms with Crippen molar-refractivity contribution < 1.29 is 0 Å². The largest absolute Gasteiger partial charge is 0.312 e. The maximum absolute atomic E-state index is 4.20. The highest BCUT2D eigenvalue weighted by molar-refractivity contribution is 7.05. The fourth-order valence-corrected chi connectivity index (χ4v) is 2.48. The second-order valence-corrected chi connectivity index (χ2v) is 4.43. The lowest BCUT2D eigenvalue weighted by molar-refractivity contribution is 0.560. The first-order valence-corrected chi connectivity index (χ1v) is 6.48. The molecule has 16 heavy (non-hydrogen) atoms. The molecule has 0 radical (unpaired) electrons. The van der Waals surface area contributed by atoms with Gasteiger partial charge in [0.1, 0.15) is 0 Å². The van der Waals surface area contributed by atoms with Crippen molar-refractivity contribution in [3.63, 3.8) is 0 Å². The predicted molar refractivity (Wildman–Crippen MR) is 68.4 cm³/mol. The van der Waals surface area contributed by atoms with E-state index in [1.807, 2.05) is 14.0 Å². The summed E-state index contributed by atoms with van der Waals surface area (Å²) in [5, 5.41) is 7.52. The average Bonchev–Trinajstić information content (AvgIpc) is 2.73. The minimum Gasteiger partial charge on any atom is -0.312 e. The van der Waals surface area contributed by atoms with E-state index in [0.29, 0.717) is 6.04 Å². The summed E-state index contributed by atoms with van der Waals surface area (Å²) in [5.74, 6) is 6.03. The number of hydrogen-bond acceptors (Lipinski definition) is 4. The van der Waals surface area contributed by atoms with Crippen LogP contribution in [0.2, 0.25) is 0 Å². The first-order valence-electron chi connectivity index (χ1n) is 5.71. The molecule has 1 rings (SSSR count). The third-order valence-electron chi connectivity index (χ3n) is 2.47. The Balaban J connectivity index is 2.68. The van der Waals surface area contributed by atoms with Gasteiger partial charge in [0.25, 0.3) is 0 Å². The van der Waals surface area contributed by atoms with Crippen LogP contribution in [0.1, 0.15) is 49.7 Å². The number of nitrogens with zero attached hydrogens (tertiary/aromatic N) is 2. The Bertz CT molecular complexity index is 362. The Morgan fingerprint density at radius 3 is 2.94 bits per heavy atom. The summed E-state index contributed by atoms with van der Waals surface area (Å²) in [5.41, 5.74) is 1.15. The molecule has 1 unspecified atom stereocenters. The Labute approximate surface area is 102 Å². The van der Waals surface area contributed by atoms with Crippen LogP contribution in [0.4, 0.5) is 0 Å². The third-order valence-corrected chi connectivity index (χ3v) is 3.35. The van der Waals surface area contributed by atoms with E-state index in [1.54, 1.807) is 0 Å². The lowest BCUT2D eigenvalue weighted by Gasteiger charge is -2.13. The van der Waals surface area contributed by atoms with E-state index >= 15 is 0 Å². The molecule has 0 spiro atoms. The van der Waals surface area contributed by atoms with Gasteiger partial charge in [-0.05, 0) is 38.3 Å². The van der Waals surface area contributed by atoms with E-state index in [2.05, 4.69) is 33.7 Å². The number of nitrogens with one attached hydrogen (secondary N) is 1. The van der Waals surface area contributed by atoms with Crippen molar-refractivity contribution in [2.45, 2.75) is 45.6 Å². The van der Waals surface area contributed by atoms with Crippen LogP contribution in [0.5, 0.6) is 0 Å². The van der Waals surface area contributed by atoms with Gasteiger partial charge >= 0.3 is 0 Å². The average molecular weight is 237 g/mol. The first kappa shape index (κ1) is 13.1. The van der Waals surface area contributed by atoms with Crippen LogP contribution in [0.15, 0.2) is 0 Å². The zero-order chi connectivity index (χ0) is 11.8. The van der Waals surface area contributed by atoms with Crippen LogP contribution in [-0.2, 0) is 6.42 Å². The van der Waals surface area contributed by atoms with Crippen molar-refractivity contribution in [1.29, 1.82) is 0 Å². The van der Waals surface area contributed by atoms with E-state index in [-0.39, 0.29) is 0 Å². The van der Waals surface area contributed by atoms with Crippen LogP contribution in [-0.4, -0.2) is 16.6 Å². The van der Waals surface area contributed by atoms with Crippen LogP contribution < -0.4 is 5.32 Å². The summed E-state index contributed by atoms with van der Waals surface area (Å²) in [6.07, 6.45) is 4.08. The summed E-state index contributed by atoms with van der Waals surface area (Å²) in [6.45, 7) is 4.05. The molecule has 0 saturated heterocycles. The predicted octanol–water partition coefficient (Wildman–Crippen LogP) is 2.55. The highest BCUT2D eigenvalue weighted by Gasteiger charge is 2.16. The molecule has 0 amide bonds. The van der Waals surface area contributed by atoms with Gasteiger partial charge in [-0.1, -0.05) is 17.8 Å². The molecular weight excluding hydrogens is 218 g/mol. The standard InChI is InChI=1S/C12H19N3S/c1-4-6-7-9-10(13-3)12-11(8-5-2)14-15-16-12/h10,13H,5,7-9H2,1-3H3. The monoisotopic (exact) mass is 237 g/mol. The molecule has 1 aromatic rings. The zero-order valence-electron chi connectivity index (χ0n) is 10.2. The lowest BCUT2D eigenvalue weighted by Crippen LogP contribution is -2.16. The smallest absolute Gasteiger partial charge is 0.0803 e. The number of hydrogen-bond donors (Lipinski definition) is 1. The van der Waals surface area contributed by atoms with Gasteiger partial charge in [-0.25, -0.2) is 0 Å². The van der Waals surface area contributed by atoms with Crippen LogP contribution in [0.25, 0.3) is 0 Å². The third kappa shape index (κ3) is 3.58. The summed E-state index contributed by atoms with van der Waals surface area (Å²) in [4.78, 5) is 1.28. The minimum atomic E-state index is 0.349. The lowest BCUT2D eigenvalue weighted by atomic mass is 10.1. The SMILES string of the molecule is CC#CCCC(NC)c1snnc1CCC. The molecule has 0 bridgehead atoms. The van der Waals surface area contributed by atoms with Crippen molar-refractivity contribution in [1.82, 2.24) is 14.9 Å². The number of aryl methyl sites for hydroxylation is 1. The molecule has 4 heteroatoms. The van der Waals surface area contributed by atoms with Crippen molar-refractivity contribution in [2.75, 3.05) is 7.05 Å². The van der Waals surface area contributed by atoms with Gasteiger partial charge in [-0.3, -0.25) is 0 Å². The van der Waals surface area contributed by atoms with E-state index in [4.69, 9.17) is 0 Å². The minimum absolute atomic E-state index is 0.349. The van der Waals surface area contributed by atoms with E-state index in [0.717, 1.165) is 31.4 Å². The summed E-state index contributed by atoms with van der Waals surface area (Å²) in [7, 11) is 1.99. The van der Waals surface area contributed by atoms with Gasteiger partial charge in [-0.15, -0.1) is 16.9 Å². The van der Waals surface area contributed by atoms with Crippen LogP contribution in [0, 0.1) is 11.8 Å². The van der Waals surface area contributed by atoms with Gasteiger partial charge in [-0.2, -0.15) is 0 Å². The van der Waals surface area contributed by atoms with Gasteiger partial charge < -0.3 is 5.32 Å². The van der Waals surface area contributed by atoms with Gasteiger partial charge in [0.2, 0.25) is 0 Å². The zero-order valence-corrected chi connectivity index (χ0v) is 11.0. The summed E-state index contributed by atoms with van der Waals surface area (Å²) in [6, 6.07) is 0.349. The Morgan fingerprint density at radius 1 is 1.50 bits per heavy atom. The molecule has 0 saturated carbocycles. The molecule has 1 heterocycles. The molecule has 88 valence electrons. The molecule has 0 aliphatic rings. The summed E-state index contributed by atoms with van der Waals surface area (Å²) >= 11 is 1.51. The van der Waals surface area contributed by atoms with Crippen molar-refractivity contribution in [3.05, 3.63) is 10.6 Å². The molecule has 0 fully saturated rings. The molecule has 0 aliphatic carbocycles. The molecule has 1 atom stereocenters. The summed E-state index contributed by atoms with van der Waals surface area (Å²) < 4.78 is 4.05.